The number of carbonyl (C=O) groups is 1. The monoisotopic (exact) mass is 236 g/mol. The number of rotatable bonds is 3. The van der Waals surface area contributed by atoms with Gasteiger partial charge in [-0.05, 0) is 56.4 Å². The maximum absolute atomic E-state index is 13.1. The van der Waals surface area contributed by atoms with Gasteiger partial charge >= 0.3 is 0 Å². The molecular weight excluding hydrogens is 219 g/mol. The molecule has 1 atom stereocenters. The molecule has 0 aromatic heterocycles. The summed E-state index contributed by atoms with van der Waals surface area (Å²) in [6.45, 7) is 3.41. The van der Waals surface area contributed by atoms with E-state index in [1.807, 2.05) is 0 Å². The van der Waals surface area contributed by atoms with Crippen molar-refractivity contribution in [2.45, 2.75) is 32.2 Å². The van der Waals surface area contributed by atoms with E-state index in [4.69, 9.17) is 5.73 Å². The summed E-state index contributed by atoms with van der Waals surface area (Å²) in [5.41, 5.74) is 6.26. The summed E-state index contributed by atoms with van der Waals surface area (Å²) < 4.78 is 13.1. The molecule has 0 heterocycles. The first-order valence-corrected chi connectivity index (χ1v) is 5.77. The van der Waals surface area contributed by atoms with Gasteiger partial charge < -0.3 is 11.1 Å². The van der Waals surface area contributed by atoms with Crippen LogP contribution in [0.3, 0.4) is 0 Å². The molecule has 17 heavy (non-hydrogen) atoms. The average molecular weight is 236 g/mol. The molecule has 2 rings (SSSR count). The molecule has 0 spiro atoms. The van der Waals surface area contributed by atoms with Crippen LogP contribution in [0.5, 0.6) is 0 Å². The van der Waals surface area contributed by atoms with Crippen LogP contribution >= 0.6 is 0 Å². The number of hydrogen-bond donors (Lipinski definition) is 2. The Labute approximate surface area is 100 Å². The van der Waals surface area contributed by atoms with Crippen LogP contribution in [0.25, 0.3) is 0 Å². The van der Waals surface area contributed by atoms with Crippen molar-refractivity contribution in [2.24, 2.45) is 11.7 Å². The summed E-state index contributed by atoms with van der Waals surface area (Å²) in [6, 6.07) is 4.50. The number of benzene rings is 1. The van der Waals surface area contributed by atoms with Crippen LogP contribution in [-0.4, -0.2) is 11.4 Å². The second kappa shape index (κ2) is 4.11. The van der Waals surface area contributed by atoms with Crippen molar-refractivity contribution in [3.63, 3.8) is 0 Å². The van der Waals surface area contributed by atoms with E-state index in [0.29, 0.717) is 11.3 Å². The smallest absolute Gasteiger partial charge is 0.244 e. The van der Waals surface area contributed by atoms with Gasteiger partial charge in [-0.25, -0.2) is 4.39 Å². The predicted octanol–water partition coefficient (Wildman–Crippen LogP) is 2.20. The lowest BCUT2D eigenvalue weighted by atomic mass is 9.96. The van der Waals surface area contributed by atoms with Crippen LogP contribution in [0.4, 0.5) is 10.1 Å². The van der Waals surface area contributed by atoms with E-state index in [-0.39, 0.29) is 17.6 Å². The van der Waals surface area contributed by atoms with Crippen molar-refractivity contribution < 1.29 is 9.18 Å². The number of nitrogens with two attached hydrogens (primary N) is 1. The Kier molecular flexibility index (Phi) is 2.91. The Morgan fingerprint density at radius 2 is 2.18 bits per heavy atom. The second-order valence-electron chi connectivity index (χ2n) is 4.98. The molecule has 1 aliphatic rings. The van der Waals surface area contributed by atoms with Crippen molar-refractivity contribution in [2.75, 3.05) is 5.32 Å². The summed E-state index contributed by atoms with van der Waals surface area (Å²) in [5, 5.41) is 2.74. The van der Waals surface area contributed by atoms with E-state index >= 15 is 0 Å². The molecule has 4 heteroatoms. The minimum atomic E-state index is -0.831. The van der Waals surface area contributed by atoms with Crippen LogP contribution in [0, 0.1) is 18.7 Å². The van der Waals surface area contributed by atoms with Gasteiger partial charge in [-0.1, -0.05) is 0 Å². The van der Waals surface area contributed by atoms with E-state index in [0.717, 1.165) is 12.8 Å². The number of nitrogens with one attached hydrogen (secondary N) is 1. The van der Waals surface area contributed by atoms with Crippen molar-refractivity contribution in [3.05, 3.63) is 29.6 Å². The highest BCUT2D eigenvalue weighted by Crippen LogP contribution is 2.38. The summed E-state index contributed by atoms with van der Waals surface area (Å²) in [7, 11) is 0. The third-order valence-corrected chi connectivity index (χ3v) is 3.33. The maximum atomic E-state index is 13.1. The fourth-order valence-electron chi connectivity index (χ4n) is 1.86. The van der Waals surface area contributed by atoms with Gasteiger partial charge in [0.1, 0.15) is 5.82 Å². The van der Waals surface area contributed by atoms with Gasteiger partial charge in [0.05, 0.1) is 5.54 Å². The Hall–Kier alpha value is -1.42. The van der Waals surface area contributed by atoms with Gasteiger partial charge in [-0.3, -0.25) is 4.79 Å². The van der Waals surface area contributed by atoms with Crippen LogP contribution < -0.4 is 11.1 Å². The molecule has 1 amide bonds. The van der Waals surface area contributed by atoms with Crippen LogP contribution in [0.15, 0.2) is 18.2 Å². The van der Waals surface area contributed by atoms with E-state index in [9.17, 15) is 9.18 Å². The number of hydrogen-bond acceptors (Lipinski definition) is 2. The Bertz CT molecular complexity index is 453. The van der Waals surface area contributed by atoms with Crippen molar-refractivity contribution >= 4 is 11.6 Å². The molecule has 1 fully saturated rings. The average Bonchev–Trinajstić information content (AvgIpc) is 3.07. The molecule has 3 N–H and O–H groups in total. The summed E-state index contributed by atoms with van der Waals surface area (Å²) >= 11 is 0. The molecule has 0 radical (unpaired) electrons. The first-order chi connectivity index (χ1) is 7.91. The molecule has 1 aromatic rings. The lowest BCUT2D eigenvalue weighted by molar-refractivity contribution is -0.121. The van der Waals surface area contributed by atoms with Crippen LogP contribution in [0.2, 0.25) is 0 Å². The van der Waals surface area contributed by atoms with Gasteiger partial charge in [0.15, 0.2) is 0 Å². The second-order valence-corrected chi connectivity index (χ2v) is 4.98. The first-order valence-electron chi connectivity index (χ1n) is 5.77. The number of aryl methyl sites for hydroxylation is 1. The lowest BCUT2D eigenvalue weighted by Gasteiger charge is -2.23. The normalized spacial score (nSPS) is 18.6. The van der Waals surface area contributed by atoms with Gasteiger partial charge in [-0.15, -0.1) is 0 Å². The van der Waals surface area contributed by atoms with Gasteiger partial charge in [0, 0.05) is 5.69 Å². The molecule has 0 bridgehead atoms. The van der Waals surface area contributed by atoms with Gasteiger partial charge in [0.2, 0.25) is 5.91 Å². The molecule has 0 aliphatic heterocycles. The highest BCUT2D eigenvalue weighted by atomic mass is 19.1. The van der Waals surface area contributed by atoms with Crippen LogP contribution in [0.1, 0.15) is 25.3 Å². The lowest BCUT2D eigenvalue weighted by Crippen LogP contribution is -2.50. The Balaban J connectivity index is 2.10. The summed E-state index contributed by atoms with van der Waals surface area (Å²) in [4.78, 5) is 12.0. The highest BCUT2D eigenvalue weighted by molar-refractivity contribution is 5.98. The Morgan fingerprint density at radius 3 is 2.71 bits per heavy atom. The largest absolute Gasteiger partial charge is 0.324 e. The standard InChI is InChI=1S/C13H17FN2O/c1-8-7-10(5-6-11(8)14)16-12(17)13(2,15)9-3-4-9/h5-7,9H,3-4,15H2,1-2H3,(H,16,17). The molecule has 1 aliphatic carbocycles. The topological polar surface area (TPSA) is 55.1 Å². The minimum absolute atomic E-state index is 0.203. The Morgan fingerprint density at radius 1 is 1.53 bits per heavy atom. The molecule has 1 unspecified atom stereocenters. The molecule has 1 aromatic carbocycles. The molecule has 92 valence electrons. The van der Waals surface area contributed by atoms with Crippen molar-refractivity contribution in [3.8, 4) is 0 Å². The zero-order valence-corrected chi connectivity index (χ0v) is 10.1. The van der Waals surface area contributed by atoms with Crippen LogP contribution in [-0.2, 0) is 4.79 Å². The minimum Gasteiger partial charge on any atom is -0.324 e. The maximum Gasteiger partial charge on any atom is 0.244 e. The highest BCUT2D eigenvalue weighted by Gasteiger charge is 2.44. The molecule has 0 saturated heterocycles. The first kappa shape index (κ1) is 12.0. The van der Waals surface area contributed by atoms with Gasteiger partial charge in [0.25, 0.3) is 0 Å². The third kappa shape index (κ3) is 2.47. The SMILES string of the molecule is Cc1cc(NC(=O)C(C)(N)C2CC2)ccc1F. The molecule has 1 saturated carbocycles. The van der Waals surface area contributed by atoms with Crippen molar-refractivity contribution in [1.82, 2.24) is 0 Å². The zero-order valence-electron chi connectivity index (χ0n) is 10.1. The fraction of sp³-hybridized carbons (Fsp3) is 0.462. The molecule has 3 nitrogen and oxygen atoms in total. The number of amides is 1. The summed E-state index contributed by atoms with van der Waals surface area (Å²) in [6.07, 6.45) is 2.01. The number of carbonyl (C=O) groups excluding carboxylic acids is 1. The summed E-state index contributed by atoms with van der Waals surface area (Å²) in [5.74, 6) is -0.212. The number of anilines is 1. The predicted molar refractivity (Wildman–Crippen MR) is 65.1 cm³/mol. The third-order valence-electron chi connectivity index (χ3n) is 3.33. The van der Waals surface area contributed by atoms with E-state index in [1.54, 1.807) is 26.0 Å². The fourth-order valence-corrected chi connectivity index (χ4v) is 1.86. The quantitative estimate of drug-likeness (QED) is 0.845. The van der Waals surface area contributed by atoms with E-state index in [2.05, 4.69) is 5.32 Å². The van der Waals surface area contributed by atoms with Gasteiger partial charge in [-0.2, -0.15) is 0 Å². The van der Waals surface area contributed by atoms with E-state index < -0.39 is 5.54 Å². The van der Waals surface area contributed by atoms with E-state index in [1.165, 1.54) is 6.07 Å². The van der Waals surface area contributed by atoms with Crippen molar-refractivity contribution in [1.29, 1.82) is 0 Å². The number of halogens is 1. The zero-order chi connectivity index (χ0) is 12.6. The molecular formula is C13H17FN2O.